The van der Waals surface area contributed by atoms with Gasteiger partial charge in [-0.2, -0.15) is 0 Å². The molecular weight excluding hydrogens is 214 g/mol. The Hall–Kier alpha value is -2.31. The number of aromatic amines is 1. The van der Waals surface area contributed by atoms with Crippen LogP contribution in [-0.2, 0) is 4.74 Å². The van der Waals surface area contributed by atoms with Crippen molar-refractivity contribution in [2.75, 3.05) is 6.61 Å². The smallest absolute Gasteiger partial charge is 0.434 e. The summed E-state index contributed by atoms with van der Waals surface area (Å²) in [5.41, 5.74) is -0.00647. The number of carbonyl (C=O) groups is 1. The van der Waals surface area contributed by atoms with Crippen LogP contribution in [0.25, 0.3) is 5.52 Å². The van der Waals surface area contributed by atoms with E-state index in [1.54, 1.807) is 19.1 Å². The third-order valence-electron chi connectivity index (χ3n) is 1.88. The van der Waals surface area contributed by atoms with Crippen molar-refractivity contribution in [1.29, 1.82) is 0 Å². The minimum absolute atomic E-state index is 0.00282. The van der Waals surface area contributed by atoms with Gasteiger partial charge in [0.05, 0.1) is 6.61 Å². The van der Waals surface area contributed by atoms with Crippen molar-refractivity contribution in [2.45, 2.75) is 6.92 Å². The van der Waals surface area contributed by atoms with E-state index in [1.165, 1.54) is 10.6 Å². The fraction of sp³-hybridized carbons (Fsp3) is 0.222. The Balaban J connectivity index is 2.38. The number of ether oxygens (including phenoxy) is 2. The van der Waals surface area contributed by atoms with Gasteiger partial charge in [0, 0.05) is 6.20 Å². The Morgan fingerprint density at radius 1 is 1.62 bits per heavy atom. The van der Waals surface area contributed by atoms with Crippen LogP contribution in [-0.4, -0.2) is 27.4 Å². The predicted octanol–water partition coefficient (Wildman–Crippen LogP) is 0.558. The minimum Gasteiger partial charge on any atom is -0.434 e. The van der Waals surface area contributed by atoms with Gasteiger partial charge in [-0.3, -0.25) is 4.40 Å². The van der Waals surface area contributed by atoms with E-state index in [1.807, 2.05) is 0 Å². The van der Waals surface area contributed by atoms with E-state index in [2.05, 4.69) is 14.9 Å². The first kappa shape index (κ1) is 10.2. The van der Waals surface area contributed by atoms with Gasteiger partial charge in [0.2, 0.25) is 0 Å². The number of nitrogens with zero attached hydrogens (tertiary/aromatic N) is 2. The molecule has 16 heavy (non-hydrogen) atoms. The summed E-state index contributed by atoms with van der Waals surface area (Å²) in [6.07, 6.45) is 0.679. The second-order valence-corrected chi connectivity index (χ2v) is 2.88. The molecule has 7 heteroatoms. The Labute approximate surface area is 89.6 Å². The monoisotopic (exact) mass is 223 g/mol. The van der Waals surface area contributed by atoms with Crippen LogP contribution in [0, 0.1) is 0 Å². The molecule has 2 aromatic rings. The zero-order chi connectivity index (χ0) is 11.5. The third-order valence-corrected chi connectivity index (χ3v) is 1.88. The summed E-state index contributed by atoms with van der Waals surface area (Å²) in [6, 6.07) is 3.25. The predicted molar refractivity (Wildman–Crippen MR) is 53.5 cm³/mol. The molecule has 0 atom stereocenters. The van der Waals surface area contributed by atoms with Crippen molar-refractivity contribution >= 4 is 11.7 Å². The summed E-state index contributed by atoms with van der Waals surface area (Å²) in [5, 5.41) is 5.82. The van der Waals surface area contributed by atoms with Crippen LogP contribution in [0.15, 0.2) is 23.1 Å². The highest BCUT2D eigenvalue weighted by molar-refractivity contribution is 5.68. The maximum absolute atomic E-state index is 11.3. The van der Waals surface area contributed by atoms with Crippen LogP contribution in [0.4, 0.5) is 4.79 Å². The number of H-pyrrole nitrogens is 1. The molecule has 0 bridgehead atoms. The average Bonchev–Trinajstić information content (AvgIpc) is 2.72. The maximum atomic E-state index is 11.3. The van der Waals surface area contributed by atoms with Gasteiger partial charge in [-0.05, 0) is 19.1 Å². The molecule has 2 heterocycles. The molecule has 7 nitrogen and oxygen atoms in total. The van der Waals surface area contributed by atoms with Crippen LogP contribution in [0.3, 0.4) is 0 Å². The van der Waals surface area contributed by atoms with Gasteiger partial charge in [0.15, 0.2) is 0 Å². The van der Waals surface area contributed by atoms with Crippen LogP contribution in [0.1, 0.15) is 6.92 Å². The molecule has 84 valence electrons. The molecule has 0 amide bonds. The molecule has 0 aliphatic heterocycles. The summed E-state index contributed by atoms with van der Waals surface area (Å²) in [4.78, 5) is 22.4. The summed E-state index contributed by atoms with van der Waals surface area (Å²) < 4.78 is 10.7. The summed E-state index contributed by atoms with van der Waals surface area (Å²) in [6.45, 7) is 1.87. The third kappa shape index (κ3) is 1.74. The normalized spacial score (nSPS) is 10.3. The van der Waals surface area contributed by atoms with Crippen LogP contribution < -0.4 is 10.4 Å². The quantitative estimate of drug-likeness (QED) is 0.751. The Kier molecular flexibility index (Phi) is 2.59. The van der Waals surface area contributed by atoms with Crippen molar-refractivity contribution < 1.29 is 14.3 Å². The van der Waals surface area contributed by atoms with Crippen molar-refractivity contribution in [3.8, 4) is 5.88 Å². The summed E-state index contributed by atoms with van der Waals surface area (Å²) >= 11 is 0. The Bertz CT molecular complexity index is 571. The molecule has 2 rings (SSSR count). The van der Waals surface area contributed by atoms with Gasteiger partial charge in [-0.25, -0.2) is 14.7 Å². The van der Waals surface area contributed by atoms with E-state index in [-0.39, 0.29) is 12.5 Å². The molecule has 0 saturated heterocycles. The lowest BCUT2D eigenvalue weighted by Crippen LogP contribution is -2.19. The number of carbonyl (C=O) groups excluding carboxylic acids is 1. The first-order chi connectivity index (χ1) is 7.72. The molecule has 0 unspecified atom stereocenters. The van der Waals surface area contributed by atoms with Crippen LogP contribution in [0.5, 0.6) is 5.88 Å². The molecule has 1 N–H and O–H groups in total. The highest BCUT2D eigenvalue weighted by Gasteiger charge is 2.11. The van der Waals surface area contributed by atoms with Crippen LogP contribution >= 0.6 is 0 Å². The standard InChI is InChI=1S/C9H9N3O4/c1-2-15-9(14)16-7-6-4-3-5-12(6)8(13)11-10-7/h3-5H,2H2,1H3,(H,11,13). The average molecular weight is 223 g/mol. The first-order valence-electron chi connectivity index (χ1n) is 4.62. The molecule has 0 fully saturated rings. The number of hydrogen-bond donors (Lipinski definition) is 1. The Morgan fingerprint density at radius 3 is 3.19 bits per heavy atom. The maximum Gasteiger partial charge on any atom is 0.515 e. The number of aromatic nitrogens is 3. The van der Waals surface area contributed by atoms with E-state index in [4.69, 9.17) is 4.74 Å². The molecular formula is C9H9N3O4. The molecule has 0 aromatic carbocycles. The van der Waals surface area contributed by atoms with Gasteiger partial charge in [0.1, 0.15) is 5.52 Å². The SMILES string of the molecule is CCOC(=O)Oc1n[nH]c(=O)n2cccc12. The van der Waals surface area contributed by atoms with E-state index in [9.17, 15) is 9.59 Å². The number of hydrogen-bond acceptors (Lipinski definition) is 5. The fourth-order valence-corrected chi connectivity index (χ4v) is 1.24. The number of rotatable bonds is 2. The fourth-order valence-electron chi connectivity index (χ4n) is 1.24. The van der Waals surface area contributed by atoms with Gasteiger partial charge in [0.25, 0.3) is 5.88 Å². The molecule has 0 aliphatic carbocycles. The molecule has 0 saturated carbocycles. The van der Waals surface area contributed by atoms with Crippen molar-refractivity contribution in [2.24, 2.45) is 0 Å². The minimum atomic E-state index is -0.856. The summed E-state index contributed by atoms with van der Waals surface area (Å²) in [5.74, 6) is 0.00282. The largest absolute Gasteiger partial charge is 0.515 e. The van der Waals surface area contributed by atoms with E-state index >= 15 is 0 Å². The lowest BCUT2D eigenvalue weighted by atomic mass is 10.5. The second-order valence-electron chi connectivity index (χ2n) is 2.88. The molecule has 0 radical (unpaired) electrons. The number of fused-ring (bicyclic) bond motifs is 1. The highest BCUT2D eigenvalue weighted by Crippen LogP contribution is 2.14. The van der Waals surface area contributed by atoms with E-state index in [0.717, 1.165) is 0 Å². The van der Waals surface area contributed by atoms with E-state index in [0.29, 0.717) is 5.52 Å². The van der Waals surface area contributed by atoms with Crippen molar-refractivity contribution in [3.63, 3.8) is 0 Å². The lowest BCUT2D eigenvalue weighted by molar-refractivity contribution is 0.102. The van der Waals surface area contributed by atoms with Gasteiger partial charge < -0.3 is 9.47 Å². The summed E-state index contributed by atoms with van der Waals surface area (Å²) in [7, 11) is 0. The van der Waals surface area contributed by atoms with Gasteiger partial charge in [-0.1, -0.05) is 0 Å². The topological polar surface area (TPSA) is 85.7 Å². The van der Waals surface area contributed by atoms with Crippen molar-refractivity contribution in [1.82, 2.24) is 14.6 Å². The van der Waals surface area contributed by atoms with Gasteiger partial charge in [-0.15, -0.1) is 5.10 Å². The lowest BCUT2D eigenvalue weighted by Gasteiger charge is -2.03. The van der Waals surface area contributed by atoms with Gasteiger partial charge >= 0.3 is 11.8 Å². The molecule has 0 spiro atoms. The zero-order valence-electron chi connectivity index (χ0n) is 8.47. The Morgan fingerprint density at radius 2 is 2.44 bits per heavy atom. The number of nitrogens with one attached hydrogen (secondary N) is 1. The first-order valence-corrected chi connectivity index (χ1v) is 4.62. The van der Waals surface area contributed by atoms with E-state index < -0.39 is 11.8 Å². The molecule has 2 aromatic heterocycles. The zero-order valence-corrected chi connectivity index (χ0v) is 8.47. The van der Waals surface area contributed by atoms with Crippen LogP contribution in [0.2, 0.25) is 0 Å². The molecule has 0 aliphatic rings. The highest BCUT2D eigenvalue weighted by atomic mass is 16.7. The second kappa shape index (κ2) is 4.05. The van der Waals surface area contributed by atoms with Crippen molar-refractivity contribution in [3.05, 3.63) is 28.8 Å².